The van der Waals surface area contributed by atoms with Crippen LogP contribution in [0.3, 0.4) is 0 Å². The van der Waals surface area contributed by atoms with Gasteiger partial charge in [-0.05, 0) is 26.1 Å². The number of amides is 1. The highest BCUT2D eigenvalue weighted by Gasteiger charge is 2.22. The average Bonchev–Trinajstić information content (AvgIpc) is 2.46. The molecule has 1 amide bonds. The summed E-state index contributed by atoms with van der Waals surface area (Å²) in [4.78, 5) is 11.3. The topological polar surface area (TPSA) is 75.3 Å². The third-order valence-corrected chi connectivity index (χ3v) is 3.50. The SMILES string of the molecule is CNCCCC(=O)NC1C=CS(=O)(=O)C1. The highest BCUT2D eigenvalue weighted by molar-refractivity contribution is 7.94. The molecule has 0 saturated carbocycles. The molecule has 0 fully saturated rings. The minimum Gasteiger partial charge on any atom is -0.349 e. The molecule has 0 radical (unpaired) electrons. The molecule has 86 valence electrons. The lowest BCUT2D eigenvalue weighted by Crippen LogP contribution is -2.35. The second-order valence-corrected chi connectivity index (χ2v) is 5.47. The average molecular weight is 232 g/mol. The summed E-state index contributed by atoms with van der Waals surface area (Å²) in [5.74, 6) is -0.109. The number of hydrogen-bond donors (Lipinski definition) is 2. The lowest BCUT2D eigenvalue weighted by molar-refractivity contribution is -0.121. The maximum absolute atomic E-state index is 11.3. The Morgan fingerprint density at radius 3 is 2.80 bits per heavy atom. The van der Waals surface area contributed by atoms with Crippen LogP contribution in [0.2, 0.25) is 0 Å². The Bertz CT molecular complexity index is 348. The van der Waals surface area contributed by atoms with Crippen molar-refractivity contribution in [2.75, 3.05) is 19.3 Å². The van der Waals surface area contributed by atoms with Crippen molar-refractivity contribution in [2.24, 2.45) is 0 Å². The van der Waals surface area contributed by atoms with Gasteiger partial charge in [-0.2, -0.15) is 0 Å². The number of nitrogens with one attached hydrogen (secondary N) is 2. The smallest absolute Gasteiger partial charge is 0.220 e. The van der Waals surface area contributed by atoms with Crippen LogP contribution in [0.4, 0.5) is 0 Å². The van der Waals surface area contributed by atoms with Gasteiger partial charge < -0.3 is 10.6 Å². The van der Waals surface area contributed by atoms with Gasteiger partial charge in [0.2, 0.25) is 5.91 Å². The van der Waals surface area contributed by atoms with Gasteiger partial charge in [0.1, 0.15) is 0 Å². The third-order valence-electron chi connectivity index (χ3n) is 2.11. The highest BCUT2D eigenvalue weighted by atomic mass is 32.2. The summed E-state index contributed by atoms with van der Waals surface area (Å²) in [6.07, 6.45) is 2.70. The molecule has 5 nitrogen and oxygen atoms in total. The monoisotopic (exact) mass is 232 g/mol. The Kier molecular flexibility index (Phi) is 4.28. The van der Waals surface area contributed by atoms with E-state index in [0.29, 0.717) is 6.42 Å². The first-order valence-electron chi connectivity index (χ1n) is 4.88. The quantitative estimate of drug-likeness (QED) is 0.621. The summed E-state index contributed by atoms with van der Waals surface area (Å²) < 4.78 is 22.1. The van der Waals surface area contributed by atoms with Gasteiger partial charge in [0.15, 0.2) is 9.84 Å². The second kappa shape index (κ2) is 5.27. The van der Waals surface area contributed by atoms with Crippen LogP contribution >= 0.6 is 0 Å². The lowest BCUT2D eigenvalue weighted by Gasteiger charge is -2.09. The van der Waals surface area contributed by atoms with Crippen molar-refractivity contribution in [1.29, 1.82) is 0 Å². The Morgan fingerprint density at radius 1 is 1.53 bits per heavy atom. The van der Waals surface area contributed by atoms with Crippen molar-refractivity contribution < 1.29 is 13.2 Å². The van der Waals surface area contributed by atoms with E-state index in [0.717, 1.165) is 18.4 Å². The van der Waals surface area contributed by atoms with Crippen LogP contribution in [0, 0.1) is 0 Å². The van der Waals surface area contributed by atoms with Crippen LogP contribution in [0.25, 0.3) is 0 Å². The summed E-state index contributed by atoms with van der Waals surface area (Å²) in [6.45, 7) is 0.784. The fraction of sp³-hybridized carbons (Fsp3) is 0.667. The largest absolute Gasteiger partial charge is 0.349 e. The predicted octanol–water partition coefficient (Wildman–Crippen LogP) is -0.587. The van der Waals surface area contributed by atoms with E-state index < -0.39 is 9.84 Å². The lowest BCUT2D eigenvalue weighted by atomic mass is 10.2. The Hall–Kier alpha value is -0.880. The first kappa shape index (κ1) is 12.2. The maximum Gasteiger partial charge on any atom is 0.220 e. The fourth-order valence-corrected chi connectivity index (χ4v) is 2.61. The van der Waals surface area contributed by atoms with Crippen LogP contribution in [-0.4, -0.2) is 39.7 Å². The first-order chi connectivity index (χ1) is 7.03. The van der Waals surface area contributed by atoms with E-state index in [1.807, 2.05) is 7.05 Å². The number of carbonyl (C=O) groups is 1. The van der Waals surface area contributed by atoms with Crippen LogP contribution in [0.5, 0.6) is 0 Å². The molecule has 1 heterocycles. The molecule has 1 aliphatic rings. The van der Waals surface area contributed by atoms with E-state index in [1.165, 1.54) is 6.08 Å². The molecule has 2 N–H and O–H groups in total. The normalized spacial score (nSPS) is 22.9. The maximum atomic E-state index is 11.3. The molecule has 0 bridgehead atoms. The zero-order chi connectivity index (χ0) is 11.3. The molecule has 1 aliphatic heterocycles. The van der Waals surface area contributed by atoms with Gasteiger partial charge in [0.25, 0.3) is 0 Å². The molecule has 0 aliphatic carbocycles. The van der Waals surface area contributed by atoms with E-state index in [-0.39, 0.29) is 17.7 Å². The molecular formula is C9H16N2O3S. The van der Waals surface area contributed by atoms with Crippen molar-refractivity contribution >= 4 is 15.7 Å². The number of hydrogen-bond acceptors (Lipinski definition) is 4. The Morgan fingerprint density at radius 2 is 2.27 bits per heavy atom. The summed E-state index contributed by atoms with van der Waals surface area (Å²) in [6, 6.07) is -0.350. The zero-order valence-electron chi connectivity index (χ0n) is 8.69. The van der Waals surface area contributed by atoms with Gasteiger partial charge in [0, 0.05) is 11.8 Å². The van der Waals surface area contributed by atoms with E-state index in [1.54, 1.807) is 0 Å². The van der Waals surface area contributed by atoms with E-state index >= 15 is 0 Å². The van der Waals surface area contributed by atoms with Gasteiger partial charge in [-0.1, -0.05) is 0 Å². The van der Waals surface area contributed by atoms with E-state index in [9.17, 15) is 13.2 Å². The van der Waals surface area contributed by atoms with Crippen LogP contribution in [-0.2, 0) is 14.6 Å². The molecule has 15 heavy (non-hydrogen) atoms. The molecule has 0 aromatic carbocycles. The molecule has 0 spiro atoms. The summed E-state index contributed by atoms with van der Waals surface area (Å²) >= 11 is 0. The fourth-order valence-electron chi connectivity index (χ4n) is 1.37. The van der Waals surface area contributed by atoms with Gasteiger partial charge >= 0.3 is 0 Å². The Balaban J connectivity index is 2.26. The van der Waals surface area contributed by atoms with Crippen molar-refractivity contribution in [1.82, 2.24) is 10.6 Å². The first-order valence-corrected chi connectivity index (χ1v) is 6.60. The molecule has 1 atom stereocenters. The Labute approximate surface area is 89.8 Å². The molecular weight excluding hydrogens is 216 g/mol. The predicted molar refractivity (Wildman–Crippen MR) is 58.0 cm³/mol. The molecule has 0 aromatic rings. The third kappa shape index (κ3) is 4.44. The van der Waals surface area contributed by atoms with Gasteiger partial charge in [-0.3, -0.25) is 4.79 Å². The van der Waals surface area contributed by atoms with Crippen LogP contribution in [0.1, 0.15) is 12.8 Å². The van der Waals surface area contributed by atoms with E-state index in [4.69, 9.17) is 0 Å². The van der Waals surface area contributed by atoms with Crippen molar-refractivity contribution in [2.45, 2.75) is 18.9 Å². The molecule has 0 saturated heterocycles. The van der Waals surface area contributed by atoms with Crippen molar-refractivity contribution in [3.63, 3.8) is 0 Å². The number of sulfone groups is 1. The second-order valence-electron chi connectivity index (χ2n) is 3.54. The molecule has 1 unspecified atom stereocenters. The number of carbonyl (C=O) groups excluding carboxylic acids is 1. The molecule has 0 aromatic heterocycles. The van der Waals surface area contributed by atoms with Crippen LogP contribution in [0.15, 0.2) is 11.5 Å². The summed E-state index contributed by atoms with van der Waals surface area (Å²) in [7, 11) is -1.25. The highest BCUT2D eigenvalue weighted by Crippen LogP contribution is 2.07. The number of rotatable bonds is 5. The van der Waals surface area contributed by atoms with Crippen molar-refractivity contribution in [3.05, 3.63) is 11.5 Å². The standard InChI is InChI=1S/C9H16N2O3S/c1-10-5-2-3-9(12)11-8-4-6-15(13,14)7-8/h4,6,8,10H,2-3,5,7H2,1H3,(H,11,12). The van der Waals surface area contributed by atoms with Gasteiger partial charge in [-0.25, -0.2) is 8.42 Å². The van der Waals surface area contributed by atoms with Gasteiger partial charge in [-0.15, -0.1) is 0 Å². The zero-order valence-corrected chi connectivity index (χ0v) is 9.51. The van der Waals surface area contributed by atoms with Gasteiger partial charge in [0.05, 0.1) is 11.8 Å². The van der Waals surface area contributed by atoms with Crippen molar-refractivity contribution in [3.8, 4) is 0 Å². The molecule has 1 rings (SSSR count). The summed E-state index contributed by atoms with van der Waals surface area (Å²) in [5, 5.41) is 6.76. The molecule has 6 heteroatoms. The van der Waals surface area contributed by atoms with E-state index in [2.05, 4.69) is 10.6 Å². The summed E-state index contributed by atoms with van der Waals surface area (Å²) in [5.41, 5.74) is 0. The van der Waals surface area contributed by atoms with Crippen LogP contribution < -0.4 is 10.6 Å². The minimum atomic E-state index is -3.07. The minimum absolute atomic E-state index is 0.00916.